The molecule has 0 spiro atoms. The normalized spacial score (nSPS) is 15.5. The van der Waals surface area contributed by atoms with Gasteiger partial charge in [-0.25, -0.2) is 4.79 Å². The third kappa shape index (κ3) is 11.4. The summed E-state index contributed by atoms with van der Waals surface area (Å²) in [7, 11) is 5.36. The Hall–Kier alpha value is -4.70. The summed E-state index contributed by atoms with van der Waals surface area (Å²) in [4.78, 5) is 62.5. The van der Waals surface area contributed by atoms with Gasteiger partial charge in [0.1, 0.15) is 17.7 Å². The van der Waals surface area contributed by atoms with Gasteiger partial charge < -0.3 is 29.7 Å². The fraction of sp³-hybridized carbons (Fsp3) is 0.476. The van der Waals surface area contributed by atoms with Gasteiger partial charge in [-0.15, -0.1) is 0 Å². The Kier molecular flexibility index (Phi) is 13.3. The number of likely N-dealkylation sites (N-methyl/N-ethyl adjacent to an activating group) is 3. The number of fused-ring (bicyclic) bond motifs is 1. The maximum atomic E-state index is 14.7. The number of rotatable bonds is 12. The van der Waals surface area contributed by atoms with E-state index in [1.165, 1.54) is 11.0 Å². The molecule has 0 radical (unpaired) electrons. The smallest absolute Gasteiger partial charge is 0.408 e. The van der Waals surface area contributed by atoms with Crippen LogP contribution in [0.1, 0.15) is 59.1 Å². The maximum Gasteiger partial charge on any atom is 0.408 e. The molecule has 0 bridgehead atoms. The van der Waals surface area contributed by atoms with Crippen molar-refractivity contribution in [3.63, 3.8) is 0 Å². The lowest BCUT2D eigenvalue weighted by molar-refractivity contribution is -0.149. The molecular weight excluding hydrogens is 654 g/mol. The minimum Gasteiger partial charge on any atom is -0.444 e. The number of piperazine rings is 1. The molecule has 52 heavy (non-hydrogen) atoms. The van der Waals surface area contributed by atoms with Gasteiger partial charge in [0.15, 0.2) is 0 Å². The zero-order valence-corrected chi connectivity index (χ0v) is 32.4. The summed E-state index contributed by atoms with van der Waals surface area (Å²) in [5.41, 5.74) is 1.25. The summed E-state index contributed by atoms with van der Waals surface area (Å²) >= 11 is 0. The lowest BCUT2D eigenvalue weighted by Crippen LogP contribution is -2.58. The zero-order chi connectivity index (χ0) is 38.2. The fourth-order valence-corrected chi connectivity index (χ4v) is 6.67. The van der Waals surface area contributed by atoms with E-state index in [4.69, 9.17) is 4.74 Å². The second-order valence-electron chi connectivity index (χ2n) is 15.8. The zero-order valence-electron chi connectivity index (χ0n) is 32.4. The van der Waals surface area contributed by atoms with Gasteiger partial charge >= 0.3 is 6.09 Å². The van der Waals surface area contributed by atoms with Crippen LogP contribution in [0.2, 0.25) is 0 Å². The molecule has 2 atom stereocenters. The second-order valence-corrected chi connectivity index (χ2v) is 15.8. The first kappa shape index (κ1) is 40.1. The quantitative estimate of drug-likeness (QED) is 0.242. The fourth-order valence-electron chi connectivity index (χ4n) is 6.67. The first-order chi connectivity index (χ1) is 24.4. The third-order valence-electron chi connectivity index (χ3n) is 9.46. The summed E-state index contributed by atoms with van der Waals surface area (Å²) in [6.45, 7) is 13.7. The molecule has 3 aromatic carbocycles. The molecule has 10 heteroatoms. The van der Waals surface area contributed by atoms with E-state index in [1.807, 2.05) is 99.4 Å². The molecule has 4 amide bonds. The van der Waals surface area contributed by atoms with Crippen molar-refractivity contribution in [2.75, 3.05) is 47.3 Å². The van der Waals surface area contributed by atoms with Crippen molar-refractivity contribution < 1.29 is 23.9 Å². The van der Waals surface area contributed by atoms with Crippen LogP contribution in [0.4, 0.5) is 4.79 Å². The number of benzene rings is 3. The maximum absolute atomic E-state index is 14.7. The molecule has 0 aliphatic carbocycles. The Morgan fingerprint density at radius 3 is 2.02 bits per heavy atom. The molecule has 1 aliphatic heterocycles. The van der Waals surface area contributed by atoms with Crippen molar-refractivity contribution in [2.24, 2.45) is 0 Å². The molecule has 1 N–H and O–H groups in total. The molecule has 1 saturated heterocycles. The Morgan fingerprint density at radius 2 is 1.38 bits per heavy atom. The average Bonchev–Trinajstić information content (AvgIpc) is 3.07. The number of nitrogens with zero attached hydrogens (tertiary/aromatic N) is 4. The predicted molar refractivity (Wildman–Crippen MR) is 207 cm³/mol. The van der Waals surface area contributed by atoms with E-state index in [0.717, 1.165) is 40.6 Å². The Balaban J connectivity index is 1.63. The van der Waals surface area contributed by atoms with E-state index in [1.54, 1.807) is 39.8 Å². The molecule has 10 nitrogen and oxygen atoms in total. The highest BCUT2D eigenvalue weighted by Crippen LogP contribution is 2.22. The van der Waals surface area contributed by atoms with Crippen LogP contribution in [0.25, 0.3) is 10.8 Å². The number of alkyl carbamates (subject to hydrolysis) is 1. The predicted octanol–water partition coefficient (Wildman–Crippen LogP) is 5.69. The molecule has 0 aromatic heterocycles. The van der Waals surface area contributed by atoms with E-state index < -0.39 is 29.3 Å². The van der Waals surface area contributed by atoms with Gasteiger partial charge in [0.2, 0.25) is 17.7 Å². The Bertz CT molecular complexity index is 1740. The van der Waals surface area contributed by atoms with Crippen molar-refractivity contribution >= 4 is 34.6 Å². The molecule has 280 valence electrons. The lowest BCUT2D eigenvalue weighted by atomic mass is 9.95. The highest BCUT2D eigenvalue weighted by molar-refractivity contribution is 5.95. The molecule has 1 fully saturated rings. The minimum atomic E-state index is -0.894. The lowest BCUT2D eigenvalue weighted by Gasteiger charge is -2.39. The second kappa shape index (κ2) is 17.2. The molecule has 0 saturated carbocycles. The SMILES string of the molecule is C/C(=C\C(=O)N(C)[C@H](Cc1ccc2ccccc2c1)C(=O)N(C)[C@H](Cc1ccccc1)C(=O)N1CCN(C)CC1)CC(C)(C)NC(=O)OC(C)(C)C. The van der Waals surface area contributed by atoms with Crippen LogP contribution < -0.4 is 5.32 Å². The minimum absolute atomic E-state index is 0.0957. The van der Waals surface area contributed by atoms with Gasteiger partial charge in [-0.1, -0.05) is 78.4 Å². The number of nitrogens with one attached hydrogen (secondary N) is 1. The Labute approximate surface area is 309 Å². The molecule has 1 heterocycles. The van der Waals surface area contributed by atoms with Crippen LogP contribution in [0, 0.1) is 0 Å². The molecular formula is C42H57N5O5. The number of carbonyl (C=O) groups is 4. The number of carbonyl (C=O) groups excluding carboxylic acids is 4. The van der Waals surface area contributed by atoms with Crippen LogP contribution >= 0.6 is 0 Å². The van der Waals surface area contributed by atoms with Gasteiger partial charge in [0.05, 0.1) is 0 Å². The van der Waals surface area contributed by atoms with E-state index in [0.29, 0.717) is 25.9 Å². The van der Waals surface area contributed by atoms with Crippen LogP contribution in [0.3, 0.4) is 0 Å². The summed E-state index contributed by atoms with van der Waals surface area (Å²) in [6.07, 6.45) is 1.99. The van der Waals surface area contributed by atoms with Crippen LogP contribution in [-0.2, 0) is 32.0 Å². The van der Waals surface area contributed by atoms with E-state index in [9.17, 15) is 19.2 Å². The Morgan fingerprint density at radius 1 is 0.788 bits per heavy atom. The largest absolute Gasteiger partial charge is 0.444 e. The van der Waals surface area contributed by atoms with Crippen molar-refractivity contribution in [1.29, 1.82) is 0 Å². The number of amides is 4. The first-order valence-corrected chi connectivity index (χ1v) is 18.1. The monoisotopic (exact) mass is 711 g/mol. The van der Waals surface area contributed by atoms with E-state index in [-0.39, 0.29) is 24.1 Å². The van der Waals surface area contributed by atoms with Gasteiger partial charge in [-0.3, -0.25) is 14.4 Å². The van der Waals surface area contributed by atoms with Gasteiger partial charge in [0.25, 0.3) is 0 Å². The van der Waals surface area contributed by atoms with E-state index >= 15 is 0 Å². The van der Waals surface area contributed by atoms with E-state index in [2.05, 4.69) is 16.3 Å². The standard InChI is InChI=1S/C42H57N5O5/c1-30(29-42(5,6)43-40(51)52-41(2,3)4)25-37(48)45(8)35(28-32-19-20-33-17-13-14-18-34(33)26-32)38(49)46(9)36(27-31-15-11-10-12-16-31)39(50)47-23-21-44(7)22-24-47/h10-20,25-26,35-36H,21-24,27-29H2,1-9H3,(H,43,51)/b30-25+/t35-,36-/m1/s1. The number of ether oxygens (including phenoxy) is 1. The average molecular weight is 712 g/mol. The van der Waals surface area contributed by atoms with Gasteiger partial charge in [-0.2, -0.15) is 0 Å². The number of hydrogen-bond acceptors (Lipinski definition) is 6. The first-order valence-electron chi connectivity index (χ1n) is 18.1. The molecule has 1 aliphatic rings. The van der Waals surface area contributed by atoms with Crippen molar-refractivity contribution in [2.45, 2.75) is 84.0 Å². The molecule has 4 rings (SSSR count). The van der Waals surface area contributed by atoms with Gasteiger partial charge in [-0.05, 0) is 76.9 Å². The van der Waals surface area contributed by atoms with Crippen LogP contribution in [-0.4, -0.2) is 114 Å². The van der Waals surface area contributed by atoms with Crippen LogP contribution in [0.15, 0.2) is 84.4 Å². The molecule has 0 unspecified atom stereocenters. The molecule has 3 aromatic rings. The highest BCUT2D eigenvalue weighted by atomic mass is 16.6. The van der Waals surface area contributed by atoms with Gasteiger partial charge in [0, 0.05) is 64.7 Å². The third-order valence-corrected chi connectivity index (χ3v) is 9.46. The van der Waals surface area contributed by atoms with Crippen molar-refractivity contribution in [1.82, 2.24) is 24.9 Å². The summed E-state index contributed by atoms with van der Waals surface area (Å²) < 4.78 is 5.44. The summed E-state index contributed by atoms with van der Waals surface area (Å²) in [5, 5.41) is 5.01. The topological polar surface area (TPSA) is 103 Å². The summed E-state index contributed by atoms with van der Waals surface area (Å²) in [5.74, 6) is -0.754. The van der Waals surface area contributed by atoms with Crippen molar-refractivity contribution in [3.05, 3.63) is 95.6 Å². The highest BCUT2D eigenvalue weighted by Gasteiger charge is 2.37. The summed E-state index contributed by atoms with van der Waals surface area (Å²) in [6, 6.07) is 22.2. The van der Waals surface area contributed by atoms with Crippen LogP contribution in [0.5, 0.6) is 0 Å². The number of hydrogen-bond donors (Lipinski definition) is 1. The van der Waals surface area contributed by atoms with Crippen molar-refractivity contribution in [3.8, 4) is 0 Å².